The first-order chi connectivity index (χ1) is 18.7. The molecule has 0 bridgehead atoms. The van der Waals surface area contributed by atoms with Gasteiger partial charge in [0.15, 0.2) is 0 Å². The van der Waals surface area contributed by atoms with Crippen molar-refractivity contribution in [3.63, 3.8) is 0 Å². The zero-order valence-corrected chi connectivity index (χ0v) is 22.2. The zero-order chi connectivity index (χ0) is 28.0. The van der Waals surface area contributed by atoms with Gasteiger partial charge in [-0.3, -0.25) is 14.9 Å². The molecule has 39 heavy (non-hydrogen) atoms. The number of non-ortho nitro benzene ring substituents is 1. The number of fused-ring (bicyclic) bond motifs is 1. The minimum absolute atomic E-state index is 0.00945. The molecule has 10 nitrogen and oxygen atoms in total. The van der Waals surface area contributed by atoms with Crippen molar-refractivity contribution in [3.05, 3.63) is 106 Å². The van der Waals surface area contributed by atoms with E-state index < -0.39 is 27.0 Å². The number of aliphatic hydroxyl groups excluding tert-OH is 1. The van der Waals surface area contributed by atoms with Crippen LogP contribution in [0.2, 0.25) is 0 Å². The number of rotatable bonds is 12. The molecule has 1 aliphatic carbocycles. The zero-order valence-electron chi connectivity index (χ0n) is 21.4. The third-order valence-corrected chi connectivity index (χ3v) is 8.34. The highest BCUT2D eigenvalue weighted by Crippen LogP contribution is 2.33. The van der Waals surface area contributed by atoms with Gasteiger partial charge in [-0.25, -0.2) is 13.1 Å². The first kappa shape index (κ1) is 28.4. The van der Waals surface area contributed by atoms with E-state index in [2.05, 4.69) is 10.0 Å². The second-order valence-electron chi connectivity index (χ2n) is 9.54. The molecule has 4 atom stereocenters. The molecule has 3 aromatic rings. The number of nitro groups is 1. The Morgan fingerprint density at radius 1 is 1.08 bits per heavy atom. The Morgan fingerprint density at radius 2 is 1.74 bits per heavy atom. The van der Waals surface area contributed by atoms with E-state index >= 15 is 0 Å². The van der Waals surface area contributed by atoms with E-state index in [0.29, 0.717) is 12.8 Å². The van der Waals surface area contributed by atoms with E-state index in [9.17, 15) is 28.4 Å². The average Bonchev–Trinajstić information content (AvgIpc) is 3.29. The normalized spacial score (nSPS) is 18.2. The molecule has 0 aromatic heterocycles. The molecule has 0 radical (unpaired) electrons. The molecule has 3 N–H and O–H groups in total. The smallest absolute Gasteiger partial charge is 0.269 e. The van der Waals surface area contributed by atoms with Crippen LogP contribution in [-0.4, -0.2) is 50.2 Å². The number of hydrogen-bond acceptors (Lipinski definition) is 7. The Balaban J connectivity index is 1.45. The van der Waals surface area contributed by atoms with Crippen molar-refractivity contribution in [2.75, 3.05) is 13.7 Å². The lowest BCUT2D eigenvalue weighted by Crippen LogP contribution is -2.41. The van der Waals surface area contributed by atoms with Crippen molar-refractivity contribution in [1.29, 1.82) is 0 Å². The lowest BCUT2D eigenvalue weighted by atomic mass is 9.92. The van der Waals surface area contributed by atoms with Crippen molar-refractivity contribution in [2.24, 2.45) is 5.92 Å². The lowest BCUT2D eigenvalue weighted by Gasteiger charge is -2.25. The van der Waals surface area contributed by atoms with E-state index in [1.807, 2.05) is 54.6 Å². The molecule has 0 unspecified atom stereocenters. The van der Waals surface area contributed by atoms with Crippen molar-refractivity contribution < 1.29 is 28.0 Å². The van der Waals surface area contributed by atoms with Gasteiger partial charge in [0, 0.05) is 38.1 Å². The number of methoxy groups -OCH3 is 1. The monoisotopic (exact) mass is 553 g/mol. The number of hydrogen-bond donors (Lipinski definition) is 3. The van der Waals surface area contributed by atoms with Crippen LogP contribution in [0.15, 0.2) is 83.8 Å². The maximum Gasteiger partial charge on any atom is 0.269 e. The summed E-state index contributed by atoms with van der Waals surface area (Å²) in [6.45, 7) is -0.329. The van der Waals surface area contributed by atoms with Gasteiger partial charge in [-0.2, -0.15) is 0 Å². The number of sulfonamides is 1. The second kappa shape index (κ2) is 12.5. The first-order valence-electron chi connectivity index (χ1n) is 12.5. The van der Waals surface area contributed by atoms with Gasteiger partial charge in [-0.15, -0.1) is 0 Å². The predicted octanol–water partition coefficient (Wildman–Crippen LogP) is 2.91. The number of nitro benzene ring substituents is 1. The lowest BCUT2D eigenvalue weighted by molar-refractivity contribution is -0.384. The third-order valence-electron chi connectivity index (χ3n) is 6.90. The number of benzene rings is 3. The molecular formula is C28H31N3O7S. The Morgan fingerprint density at radius 3 is 2.41 bits per heavy atom. The highest BCUT2D eigenvalue weighted by Gasteiger charge is 2.35. The number of carbonyl (C=O) groups is 1. The molecule has 0 saturated carbocycles. The van der Waals surface area contributed by atoms with Gasteiger partial charge in [-0.05, 0) is 41.7 Å². The van der Waals surface area contributed by atoms with Gasteiger partial charge in [-0.1, -0.05) is 54.6 Å². The molecule has 0 saturated heterocycles. The summed E-state index contributed by atoms with van der Waals surface area (Å²) in [5.41, 5.74) is 2.78. The predicted molar refractivity (Wildman–Crippen MR) is 144 cm³/mol. The van der Waals surface area contributed by atoms with Gasteiger partial charge in [0.25, 0.3) is 5.69 Å². The van der Waals surface area contributed by atoms with Gasteiger partial charge < -0.3 is 15.2 Å². The van der Waals surface area contributed by atoms with Crippen LogP contribution in [0, 0.1) is 16.0 Å². The Labute approximate surface area is 227 Å². The fourth-order valence-electron chi connectivity index (χ4n) is 4.85. The van der Waals surface area contributed by atoms with E-state index in [1.165, 1.54) is 0 Å². The molecule has 206 valence electrons. The molecule has 0 aliphatic heterocycles. The van der Waals surface area contributed by atoms with Crippen LogP contribution in [0.25, 0.3) is 0 Å². The van der Waals surface area contributed by atoms with Crippen LogP contribution >= 0.6 is 0 Å². The van der Waals surface area contributed by atoms with Crippen molar-refractivity contribution in [3.8, 4) is 0 Å². The number of aliphatic hydroxyl groups is 1. The number of ether oxygens (including phenoxy) is 1. The van der Waals surface area contributed by atoms with Crippen LogP contribution in [0.1, 0.15) is 29.2 Å². The molecular weight excluding hydrogens is 522 g/mol. The molecule has 4 rings (SSSR count). The summed E-state index contributed by atoms with van der Waals surface area (Å²) < 4.78 is 33.3. The van der Waals surface area contributed by atoms with Crippen molar-refractivity contribution >= 4 is 21.6 Å². The van der Waals surface area contributed by atoms with Gasteiger partial charge >= 0.3 is 0 Å². The number of nitrogens with zero attached hydrogens (tertiary/aromatic N) is 1. The fourth-order valence-corrected chi connectivity index (χ4v) is 5.92. The summed E-state index contributed by atoms with van der Waals surface area (Å²) in [6, 6.07) is 21.4. The van der Waals surface area contributed by atoms with Crippen LogP contribution in [0.4, 0.5) is 5.69 Å². The quantitative estimate of drug-likeness (QED) is 0.231. The van der Waals surface area contributed by atoms with E-state index in [4.69, 9.17) is 4.74 Å². The molecule has 11 heteroatoms. The minimum Gasteiger partial charge on any atom is -0.392 e. The van der Waals surface area contributed by atoms with Gasteiger partial charge in [0.1, 0.15) is 0 Å². The summed E-state index contributed by atoms with van der Waals surface area (Å²) >= 11 is 0. The molecule has 1 amide bonds. The van der Waals surface area contributed by atoms with E-state index in [-0.39, 0.29) is 41.6 Å². The summed E-state index contributed by atoms with van der Waals surface area (Å²) in [6.07, 6.45) is -0.345. The fraction of sp³-hybridized carbons (Fsp3) is 0.321. The van der Waals surface area contributed by atoms with Gasteiger partial charge in [0.05, 0.1) is 28.1 Å². The van der Waals surface area contributed by atoms with E-state index in [1.54, 1.807) is 7.11 Å². The average molecular weight is 554 g/mol. The van der Waals surface area contributed by atoms with E-state index in [0.717, 1.165) is 41.0 Å². The highest BCUT2D eigenvalue weighted by atomic mass is 32.2. The Kier molecular flexibility index (Phi) is 9.08. The second-order valence-corrected chi connectivity index (χ2v) is 11.3. The third kappa shape index (κ3) is 7.07. The Hall–Kier alpha value is -3.64. The van der Waals surface area contributed by atoms with Crippen LogP contribution in [0.5, 0.6) is 0 Å². The summed E-state index contributed by atoms with van der Waals surface area (Å²) in [7, 11) is -2.42. The largest absolute Gasteiger partial charge is 0.392 e. The first-order valence-corrected chi connectivity index (χ1v) is 14.0. The van der Waals surface area contributed by atoms with Gasteiger partial charge in [0.2, 0.25) is 15.9 Å². The number of nitrogens with one attached hydrogen (secondary N) is 2. The maximum absolute atomic E-state index is 13.5. The SMILES string of the molecule is CO[C@@H]1Cc2ccccc2[C@@H]1NC(=O)[C@H](Cc1ccccc1)C[C@H](O)CNS(=O)(=O)c1ccc([N+](=O)[O-])cc1. The topological polar surface area (TPSA) is 148 Å². The molecule has 0 fully saturated rings. The molecule has 0 heterocycles. The number of carbonyl (C=O) groups excluding carboxylic acids is 1. The molecule has 1 aliphatic rings. The summed E-state index contributed by atoms with van der Waals surface area (Å²) in [5, 5.41) is 24.7. The summed E-state index contributed by atoms with van der Waals surface area (Å²) in [4.78, 5) is 23.6. The summed E-state index contributed by atoms with van der Waals surface area (Å²) in [5.74, 6) is -0.906. The van der Waals surface area contributed by atoms with Crippen LogP contribution in [-0.2, 0) is 32.4 Å². The number of amides is 1. The molecule has 3 aromatic carbocycles. The van der Waals surface area contributed by atoms with Crippen molar-refractivity contribution in [1.82, 2.24) is 10.0 Å². The minimum atomic E-state index is -4.03. The standard InChI is InChI=1S/C28H31N3O7S/c1-38-26-17-20-9-5-6-10-25(20)27(26)30-28(33)21(15-19-7-3-2-4-8-19)16-23(32)18-29-39(36,37)24-13-11-22(12-14-24)31(34)35/h2-14,21,23,26-27,29,32H,15-18H2,1H3,(H,30,33)/t21-,23+,26-,27+/m1/s1. The van der Waals surface area contributed by atoms with Crippen LogP contribution < -0.4 is 10.0 Å². The van der Waals surface area contributed by atoms with Crippen molar-refractivity contribution in [2.45, 2.75) is 42.4 Å². The van der Waals surface area contributed by atoms with Crippen LogP contribution in [0.3, 0.4) is 0 Å². The Bertz CT molecular complexity index is 1400. The molecule has 0 spiro atoms. The maximum atomic E-state index is 13.5. The highest BCUT2D eigenvalue weighted by molar-refractivity contribution is 7.89.